The monoisotopic (exact) mass is 301 g/mol. The molecule has 0 aliphatic carbocycles. The summed E-state index contributed by atoms with van der Waals surface area (Å²) in [7, 11) is 2.08. The number of furan rings is 1. The van der Waals surface area contributed by atoms with Gasteiger partial charge < -0.3 is 9.32 Å². The highest BCUT2D eigenvalue weighted by Gasteiger charge is 2.15. The van der Waals surface area contributed by atoms with Gasteiger partial charge in [0.2, 0.25) is 0 Å². The summed E-state index contributed by atoms with van der Waals surface area (Å²) in [6.45, 7) is 4.20. The minimum absolute atomic E-state index is 0.944. The first-order valence-electron chi connectivity index (χ1n) is 7.86. The summed E-state index contributed by atoms with van der Waals surface area (Å²) >= 11 is 0. The lowest BCUT2D eigenvalue weighted by molar-refractivity contribution is 0.665. The zero-order chi connectivity index (χ0) is 16.0. The molecule has 3 aromatic carbocycles. The van der Waals surface area contributed by atoms with Crippen LogP contribution in [0.2, 0.25) is 0 Å². The number of fused-ring (bicyclic) bond motifs is 3. The Labute approximate surface area is 136 Å². The van der Waals surface area contributed by atoms with Crippen LogP contribution in [0.4, 0.5) is 11.4 Å². The predicted octanol–water partition coefficient (Wildman–Crippen LogP) is 5.97. The summed E-state index contributed by atoms with van der Waals surface area (Å²) in [4.78, 5) is 2.18. The van der Waals surface area contributed by atoms with Gasteiger partial charge in [0.1, 0.15) is 5.58 Å². The zero-order valence-electron chi connectivity index (χ0n) is 13.6. The molecule has 1 heterocycles. The predicted molar refractivity (Wildman–Crippen MR) is 97.7 cm³/mol. The average Bonchev–Trinajstić information content (AvgIpc) is 2.95. The Morgan fingerprint density at radius 3 is 2.13 bits per heavy atom. The van der Waals surface area contributed by atoms with Crippen LogP contribution in [-0.4, -0.2) is 7.05 Å². The fourth-order valence-corrected chi connectivity index (χ4v) is 3.12. The second-order valence-electron chi connectivity index (χ2n) is 6.10. The van der Waals surface area contributed by atoms with Crippen molar-refractivity contribution >= 4 is 33.3 Å². The van der Waals surface area contributed by atoms with Crippen LogP contribution < -0.4 is 4.90 Å². The van der Waals surface area contributed by atoms with E-state index < -0.39 is 0 Å². The van der Waals surface area contributed by atoms with E-state index in [1.165, 1.54) is 21.9 Å². The van der Waals surface area contributed by atoms with Crippen molar-refractivity contribution in [1.29, 1.82) is 0 Å². The molecule has 0 unspecified atom stereocenters. The quantitative estimate of drug-likeness (QED) is 0.453. The van der Waals surface area contributed by atoms with Crippen molar-refractivity contribution < 1.29 is 4.42 Å². The van der Waals surface area contributed by atoms with Crippen LogP contribution in [0.1, 0.15) is 11.1 Å². The summed E-state index contributed by atoms with van der Waals surface area (Å²) in [5.74, 6) is 0. The van der Waals surface area contributed by atoms with E-state index >= 15 is 0 Å². The van der Waals surface area contributed by atoms with Crippen LogP contribution >= 0.6 is 0 Å². The molecule has 23 heavy (non-hydrogen) atoms. The zero-order valence-corrected chi connectivity index (χ0v) is 13.6. The van der Waals surface area contributed by atoms with Crippen LogP contribution in [0.5, 0.6) is 0 Å². The van der Waals surface area contributed by atoms with Gasteiger partial charge in [-0.25, -0.2) is 0 Å². The molecule has 0 aliphatic heterocycles. The number of para-hydroxylation sites is 2. The summed E-state index contributed by atoms with van der Waals surface area (Å²) in [5, 5.41) is 2.35. The highest BCUT2D eigenvalue weighted by Crippen LogP contribution is 2.37. The molecule has 4 rings (SSSR count). The van der Waals surface area contributed by atoms with E-state index in [1.807, 2.05) is 0 Å². The third-order valence-electron chi connectivity index (χ3n) is 4.48. The Morgan fingerprint density at radius 1 is 0.739 bits per heavy atom. The first-order valence-corrected chi connectivity index (χ1v) is 7.86. The van der Waals surface area contributed by atoms with Gasteiger partial charge in [0.15, 0.2) is 5.58 Å². The summed E-state index contributed by atoms with van der Waals surface area (Å²) < 4.78 is 6.24. The van der Waals surface area contributed by atoms with Gasteiger partial charge in [-0.05, 0) is 37.6 Å². The van der Waals surface area contributed by atoms with Crippen LogP contribution in [0, 0.1) is 13.8 Å². The number of benzene rings is 3. The van der Waals surface area contributed by atoms with Crippen LogP contribution in [-0.2, 0) is 0 Å². The largest absolute Gasteiger partial charge is 0.454 e. The highest BCUT2D eigenvalue weighted by atomic mass is 16.3. The minimum atomic E-state index is 0.944. The molecule has 2 nitrogen and oxygen atoms in total. The van der Waals surface area contributed by atoms with Crippen molar-refractivity contribution in [3.8, 4) is 0 Å². The van der Waals surface area contributed by atoms with Crippen molar-refractivity contribution in [2.24, 2.45) is 0 Å². The van der Waals surface area contributed by atoms with Crippen LogP contribution in [0.25, 0.3) is 21.9 Å². The molecule has 0 saturated carbocycles. The third kappa shape index (κ3) is 2.18. The maximum absolute atomic E-state index is 6.24. The molecule has 0 spiro atoms. The maximum Gasteiger partial charge on any atom is 0.159 e. The van der Waals surface area contributed by atoms with Gasteiger partial charge in [-0.2, -0.15) is 0 Å². The molecule has 1 aromatic heterocycles. The molecular formula is C21H19NO. The summed E-state index contributed by atoms with van der Waals surface area (Å²) in [6, 6.07) is 21.2. The van der Waals surface area contributed by atoms with Gasteiger partial charge in [-0.15, -0.1) is 0 Å². The number of rotatable bonds is 2. The molecule has 2 heteroatoms. The fraction of sp³-hybridized carbons (Fsp3) is 0.143. The highest BCUT2D eigenvalue weighted by molar-refractivity contribution is 6.10. The molecule has 114 valence electrons. The fourth-order valence-electron chi connectivity index (χ4n) is 3.12. The van der Waals surface area contributed by atoms with E-state index in [-0.39, 0.29) is 0 Å². The van der Waals surface area contributed by atoms with E-state index in [4.69, 9.17) is 4.42 Å². The van der Waals surface area contributed by atoms with Gasteiger partial charge in [-0.3, -0.25) is 0 Å². The van der Waals surface area contributed by atoms with Crippen molar-refractivity contribution in [2.75, 3.05) is 11.9 Å². The standard InChI is InChI=1S/C21H19NO/c1-14-10-12-16(13-11-14)22(3)19-9-5-8-18-17-7-4-6-15(2)20(17)23-21(18)19/h4-13H,1-3H3. The number of aryl methyl sites for hydroxylation is 2. The van der Waals surface area contributed by atoms with Gasteiger partial charge >= 0.3 is 0 Å². The second-order valence-corrected chi connectivity index (χ2v) is 6.10. The molecule has 0 fully saturated rings. The van der Waals surface area contributed by atoms with Gasteiger partial charge in [0, 0.05) is 23.5 Å². The summed E-state index contributed by atoms with van der Waals surface area (Å²) in [6.07, 6.45) is 0. The molecule has 0 N–H and O–H groups in total. The topological polar surface area (TPSA) is 16.4 Å². The average molecular weight is 301 g/mol. The molecule has 0 atom stereocenters. The van der Waals surface area contributed by atoms with Gasteiger partial charge in [0.25, 0.3) is 0 Å². The van der Waals surface area contributed by atoms with Crippen LogP contribution in [0.3, 0.4) is 0 Å². The van der Waals surface area contributed by atoms with Crippen molar-refractivity contribution in [1.82, 2.24) is 0 Å². The first-order chi connectivity index (χ1) is 11.1. The number of anilines is 2. The lowest BCUT2D eigenvalue weighted by atomic mass is 10.1. The molecule has 0 bridgehead atoms. The molecule has 0 aliphatic rings. The Balaban J connectivity index is 1.95. The Kier molecular flexibility index (Phi) is 3.12. The van der Waals surface area contributed by atoms with E-state index in [9.17, 15) is 0 Å². The number of nitrogens with zero attached hydrogens (tertiary/aromatic N) is 1. The normalized spacial score (nSPS) is 11.3. The van der Waals surface area contributed by atoms with Gasteiger partial charge in [-0.1, -0.05) is 48.0 Å². The number of hydrogen-bond acceptors (Lipinski definition) is 2. The number of hydrogen-bond donors (Lipinski definition) is 0. The second kappa shape index (κ2) is 5.17. The Hall–Kier alpha value is -2.74. The maximum atomic E-state index is 6.24. The molecule has 0 amide bonds. The van der Waals surface area contributed by atoms with E-state index in [2.05, 4.69) is 86.5 Å². The molecular weight excluding hydrogens is 282 g/mol. The first kappa shape index (κ1) is 13.9. The van der Waals surface area contributed by atoms with Gasteiger partial charge in [0.05, 0.1) is 5.69 Å². The van der Waals surface area contributed by atoms with E-state index in [1.54, 1.807) is 0 Å². The van der Waals surface area contributed by atoms with Crippen molar-refractivity contribution in [3.05, 3.63) is 71.8 Å². The lowest BCUT2D eigenvalue weighted by Gasteiger charge is -2.19. The SMILES string of the molecule is Cc1ccc(N(C)c2cccc3c2oc2c(C)cccc23)cc1. The Morgan fingerprint density at radius 2 is 1.39 bits per heavy atom. The van der Waals surface area contributed by atoms with E-state index in [0.717, 1.165) is 22.5 Å². The smallest absolute Gasteiger partial charge is 0.159 e. The summed E-state index contributed by atoms with van der Waals surface area (Å²) in [5.41, 5.74) is 6.59. The van der Waals surface area contributed by atoms with Crippen LogP contribution in [0.15, 0.2) is 65.1 Å². The van der Waals surface area contributed by atoms with Crippen molar-refractivity contribution in [3.63, 3.8) is 0 Å². The Bertz CT molecular complexity index is 996. The van der Waals surface area contributed by atoms with E-state index in [0.29, 0.717) is 0 Å². The molecule has 4 aromatic rings. The molecule has 0 saturated heterocycles. The molecule has 0 radical (unpaired) electrons. The third-order valence-corrected chi connectivity index (χ3v) is 4.48. The minimum Gasteiger partial charge on any atom is -0.454 e. The van der Waals surface area contributed by atoms with Crippen molar-refractivity contribution in [2.45, 2.75) is 13.8 Å². The lowest BCUT2D eigenvalue weighted by Crippen LogP contribution is -2.09.